The summed E-state index contributed by atoms with van der Waals surface area (Å²) in [7, 11) is 0. The van der Waals surface area contributed by atoms with Gasteiger partial charge in [0, 0.05) is 38.2 Å². The number of nitrogens with zero attached hydrogens (tertiary/aromatic N) is 5. The van der Waals surface area contributed by atoms with E-state index in [0.29, 0.717) is 6.04 Å². The van der Waals surface area contributed by atoms with Crippen molar-refractivity contribution in [1.82, 2.24) is 24.9 Å². The molecule has 3 rings (SSSR count). The summed E-state index contributed by atoms with van der Waals surface area (Å²) in [6.07, 6.45) is 7.37. The molecule has 0 spiro atoms. The normalized spacial score (nSPS) is 17.2. The predicted molar refractivity (Wildman–Crippen MR) is 58.6 cm³/mol. The van der Waals surface area contributed by atoms with E-state index in [-0.39, 0.29) is 0 Å². The largest absolute Gasteiger partial charge is 0.295 e. The van der Waals surface area contributed by atoms with Crippen LogP contribution in [0, 0.1) is 0 Å². The summed E-state index contributed by atoms with van der Waals surface area (Å²) >= 11 is 0. The molecule has 82 valence electrons. The molecule has 5 nitrogen and oxygen atoms in total. The van der Waals surface area contributed by atoms with Gasteiger partial charge in [-0.05, 0) is 11.6 Å². The zero-order chi connectivity index (χ0) is 10.8. The van der Waals surface area contributed by atoms with Gasteiger partial charge in [0.15, 0.2) is 0 Å². The van der Waals surface area contributed by atoms with E-state index >= 15 is 0 Å². The van der Waals surface area contributed by atoms with Gasteiger partial charge in [-0.1, -0.05) is 11.3 Å². The standard InChI is InChI=1S/C11H13N5/c1-2-10(6-12-3-1)7-15-8-11(9-15)16-5-4-13-14-16/h1-6,11H,7-9H2. The van der Waals surface area contributed by atoms with Crippen molar-refractivity contribution in [3.8, 4) is 0 Å². The predicted octanol–water partition coefficient (Wildman–Crippen LogP) is 0.730. The van der Waals surface area contributed by atoms with Gasteiger partial charge < -0.3 is 0 Å². The smallest absolute Gasteiger partial charge is 0.0790 e. The van der Waals surface area contributed by atoms with Crippen LogP contribution in [0.3, 0.4) is 0 Å². The van der Waals surface area contributed by atoms with Gasteiger partial charge in [-0.25, -0.2) is 4.68 Å². The van der Waals surface area contributed by atoms with E-state index in [9.17, 15) is 0 Å². The fraction of sp³-hybridized carbons (Fsp3) is 0.364. The van der Waals surface area contributed by atoms with Crippen molar-refractivity contribution in [2.24, 2.45) is 0 Å². The van der Waals surface area contributed by atoms with Crippen molar-refractivity contribution in [1.29, 1.82) is 0 Å². The van der Waals surface area contributed by atoms with Gasteiger partial charge in [-0.2, -0.15) is 0 Å². The Kier molecular flexibility index (Phi) is 2.38. The third-order valence-corrected chi connectivity index (χ3v) is 2.88. The summed E-state index contributed by atoms with van der Waals surface area (Å²) in [6.45, 7) is 3.05. The molecule has 0 N–H and O–H groups in total. The molecule has 0 aliphatic carbocycles. The second-order valence-corrected chi connectivity index (χ2v) is 4.09. The molecule has 0 radical (unpaired) electrons. The molecular formula is C11H13N5. The van der Waals surface area contributed by atoms with Gasteiger partial charge in [0.1, 0.15) is 0 Å². The van der Waals surface area contributed by atoms with Crippen LogP contribution in [0.4, 0.5) is 0 Å². The molecule has 0 unspecified atom stereocenters. The first-order valence-electron chi connectivity index (χ1n) is 5.39. The second kappa shape index (κ2) is 4.02. The molecule has 0 aromatic carbocycles. The van der Waals surface area contributed by atoms with Gasteiger partial charge in [-0.15, -0.1) is 5.10 Å². The Morgan fingerprint density at radius 3 is 2.94 bits per heavy atom. The van der Waals surface area contributed by atoms with Crippen molar-refractivity contribution in [2.45, 2.75) is 12.6 Å². The van der Waals surface area contributed by atoms with E-state index in [4.69, 9.17) is 0 Å². The highest BCUT2D eigenvalue weighted by Gasteiger charge is 2.28. The molecule has 3 heterocycles. The number of pyridine rings is 1. The second-order valence-electron chi connectivity index (χ2n) is 4.09. The zero-order valence-corrected chi connectivity index (χ0v) is 8.90. The van der Waals surface area contributed by atoms with Crippen LogP contribution in [0.2, 0.25) is 0 Å². The third-order valence-electron chi connectivity index (χ3n) is 2.88. The van der Waals surface area contributed by atoms with Crippen molar-refractivity contribution >= 4 is 0 Å². The summed E-state index contributed by atoms with van der Waals surface area (Å²) in [5.41, 5.74) is 1.26. The lowest BCUT2D eigenvalue weighted by atomic mass is 10.1. The molecule has 0 saturated carbocycles. The van der Waals surface area contributed by atoms with E-state index in [1.165, 1.54) is 5.56 Å². The van der Waals surface area contributed by atoms with Crippen LogP contribution in [-0.2, 0) is 6.54 Å². The van der Waals surface area contributed by atoms with Gasteiger partial charge in [0.05, 0.1) is 12.2 Å². The third kappa shape index (κ3) is 1.81. The Balaban J connectivity index is 1.55. The average Bonchev–Trinajstić information content (AvgIpc) is 2.77. The quantitative estimate of drug-likeness (QED) is 0.757. The number of likely N-dealkylation sites (tertiary alicyclic amines) is 1. The minimum atomic E-state index is 0.485. The van der Waals surface area contributed by atoms with E-state index < -0.39 is 0 Å². The number of hydrogen-bond donors (Lipinski definition) is 0. The minimum Gasteiger partial charge on any atom is -0.295 e. The van der Waals surface area contributed by atoms with Crippen LogP contribution in [0.15, 0.2) is 36.9 Å². The van der Waals surface area contributed by atoms with Gasteiger partial charge in [-0.3, -0.25) is 9.88 Å². The number of aromatic nitrogens is 4. The summed E-state index contributed by atoms with van der Waals surface area (Å²) in [5.74, 6) is 0. The monoisotopic (exact) mass is 215 g/mol. The summed E-state index contributed by atoms with van der Waals surface area (Å²) in [4.78, 5) is 6.49. The lowest BCUT2D eigenvalue weighted by molar-refractivity contribution is 0.0895. The SMILES string of the molecule is c1cncc(CN2CC(n3ccnn3)C2)c1. The van der Waals surface area contributed by atoms with E-state index in [1.54, 1.807) is 12.4 Å². The van der Waals surface area contributed by atoms with Crippen LogP contribution >= 0.6 is 0 Å². The number of rotatable bonds is 3. The lowest BCUT2D eigenvalue weighted by Crippen LogP contribution is -2.47. The fourth-order valence-electron chi connectivity index (χ4n) is 2.00. The van der Waals surface area contributed by atoms with Gasteiger partial charge in [0.2, 0.25) is 0 Å². The number of hydrogen-bond acceptors (Lipinski definition) is 4. The van der Waals surface area contributed by atoms with Crippen molar-refractivity contribution in [2.75, 3.05) is 13.1 Å². The highest BCUT2D eigenvalue weighted by atomic mass is 15.5. The maximum atomic E-state index is 4.11. The van der Waals surface area contributed by atoms with Crippen LogP contribution in [0.25, 0.3) is 0 Å². The first-order valence-corrected chi connectivity index (χ1v) is 5.39. The Labute approximate surface area is 93.7 Å². The fourth-order valence-corrected chi connectivity index (χ4v) is 2.00. The van der Waals surface area contributed by atoms with Gasteiger partial charge >= 0.3 is 0 Å². The van der Waals surface area contributed by atoms with Crippen LogP contribution < -0.4 is 0 Å². The zero-order valence-electron chi connectivity index (χ0n) is 8.90. The summed E-state index contributed by atoms with van der Waals surface area (Å²) in [6, 6.07) is 4.57. The molecule has 5 heteroatoms. The molecule has 0 bridgehead atoms. The topological polar surface area (TPSA) is 46.8 Å². The Morgan fingerprint density at radius 1 is 1.31 bits per heavy atom. The van der Waals surface area contributed by atoms with E-state index in [0.717, 1.165) is 19.6 Å². The molecule has 16 heavy (non-hydrogen) atoms. The molecule has 0 amide bonds. The first-order chi connectivity index (χ1) is 7.92. The highest BCUT2D eigenvalue weighted by molar-refractivity contribution is 5.09. The Morgan fingerprint density at radius 2 is 2.25 bits per heavy atom. The molecule has 2 aromatic heterocycles. The van der Waals surface area contributed by atoms with E-state index in [1.807, 2.05) is 23.1 Å². The summed E-state index contributed by atoms with van der Waals surface area (Å²) < 4.78 is 1.93. The van der Waals surface area contributed by atoms with Crippen molar-refractivity contribution in [3.63, 3.8) is 0 Å². The maximum absolute atomic E-state index is 4.11. The first kappa shape index (κ1) is 9.47. The summed E-state index contributed by atoms with van der Waals surface area (Å²) in [5, 5.41) is 7.83. The molecule has 2 aromatic rings. The average molecular weight is 215 g/mol. The van der Waals surface area contributed by atoms with Gasteiger partial charge in [0.25, 0.3) is 0 Å². The lowest BCUT2D eigenvalue weighted by Gasteiger charge is -2.38. The van der Waals surface area contributed by atoms with Crippen LogP contribution in [-0.4, -0.2) is 38.0 Å². The molecule has 1 aliphatic rings. The molecular weight excluding hydrogens is 202 g/mol. The van der Waals surface area contributed by atoms with Crippen LogP contribution in [0.1, 0.15) is 11.6 Å². The van der Waals surface area contributed by atoms with E-state index in [2.05, 4.69) is 26.3 Å². The van der Waals surface area contributed by atoms with Crippen molar-refractivity contribution in [3.05, 3.63) is 42.5 Å². The van der Waals surface area contributed by atoms with Crippen LogP contribution in [0.5, 0.6) is 0 Å². The molecule has 1 fully saturated rings. The molecule has 1 aliphatic heterocycles. The molecule has 1 saturated heterocycles. The highest BCUT2D eigenvalue weighted by Crippen LogP contribution is 2.21. The Hall–Kier alpha value is -1.75. The van der Waals surface area contributed by atoms with Crippen molar-refractivity contribution < 1.29 is 0 Å². The Bertz CT molecular complexity index is 433. The maximum Gasteiger partial charge on any atom is 0.0790 e. The minimum absolute atomic E-state index is 0.485. The molecule has 0 atom stereocenters.